The van der Waals surface area contributed by atoms with Crippen molar-refractivity contribution in [3.63, 3.8) is 0 Å². The molecule has 0 radical (unpaired) electrons. The first kappa shape index (κ1) is 15.6. The van der Waals surface area contributed by atoms with Gasteiger partial charge in [0.15, 0.2) is 0 Å². The van der Waals surface area contributed by atoms with Crippen molar-refractivity contribution in [2.75, 3.05) is 0 Å². The lowest BCUT2D eigenvalue weighted by Gasteiger charge is -2.05. The Balaban J connectivity index is 0.00000176. The van der Waals surface area contributed by atoms with Gasteiger partial charge in [-0.2, -0.15) is 0 Å². The molecule has 0 aliphatic heterocycles. The zero-order valence-corrected chi connectivity index (χ0v) is 11.1. The van der Waals surface area contributed by atoms with Crippen LogP contribution in [0.1, 0.15) is 13.0 Å². The second-order valence-electron chi connectivity index (χ2n) is 4.80. The number of pyridine rings is 1. The Morgan fingerprint density at radius 3 is 2.45 bits per heavy atom. The molecular weight excluding hydrogens is 281 g/mol. The summed E-state index contributed by atoms with van der Waals surface area (Å²) in [7, 11) is 0. The highest BCUT2D eigenvalue weighted by Gasteiger charge is 2.05. The molecule has 0 spiro atoms. The van der Waals surface area contributed by atoms with Crippen LogP contribution in [0.15, 0.2) is 54.6 Å². The Morgan fingerprint density at radius 1 is 1.05 bits per heavy atom. The third-order valence-corrected chi connectivity index (χ3v) is 3.25. The molecule has 0 amide bonds. The normalized spacial score (nSPS) is 10.2. The first-order chi connectivity index (χ1) is 10.1. The number of halogens is 1. The molecule has 2 aromatic carbocycles. The average molecular weight is 297 g/mol. The highest BCUT2D eigenvalue weighted by molar-refractivity contribution is 5.83. The van der Waals surface area contributed by atoms with Crippen LogP contribution in [0.2, 0.25) is 0 Å². The van der Waals surface area contributed by atoms with Gasteiger partial charge in [0.05, 0.1) is 17.6 Å². The predicted molar refractivity (Wildman–Crippen MR) is 85.2 cm³/mol. The van der Waals surface area contributed by atoms with Crippen molar-refractivity contribution >= 4 is 16.9 Å². The maximum atomic E-state index is 12.9. The van der Waals surface area contributed by atoms with Gasteiger partial charge in [-0.05, 0) is 48.0 Å². The maximum Gasteiger partial charge on any atom is 0.307 e. The van der Waals surface area contributed by atoms with Crippen LogP contribution in [0.4, 0.5) is 4.39 Å². The third-order valence-electron chi connectivity index (χ3n) is 3.25. The van der Waals surface area contributed by atoms with Gasteiger partial charge in [-0.1, -0.05) is 19.6 Å². The number of hydrogen-bond donors (Lipinski definition) is 1. The van der Waals surface area contributed by atoms with Crippen molar-refractivity contribution in [3.05, 3.63) is 66.0 Å². The van der Waals surface area contributed by atoms with Crippen LogP contribution in [-0.4, -0.2) is 16.1 Å². The third kappa shape index (κ3) is 3.28. The summed E-state index contributed by atoms with van der Waals surface area (Å²) in [5, 5.41) is 9.70. The van der Waals surface area contributed by atoms with Crippen LogP contribution < -0.4 is 0 Å². The number of fused-ring (bicyclic) bond motifs is 1. The largest absolute Gasteiger partial charge is 0.481 e. The van der Waals surface area contributed by atoms with E-state index in [-0.39, 0.29) is 19.7 Å². The molecule has 3 aromatic rings. The van der Waals surface area contributed by atoms with E-state index in [1.165, 1.54) is 12.1 Å². The molecule has 1 heterocycles. The minimum Gasteiger partial charge on any atom is -0.481 e. The summed E-state index contributed by atoms with van der Waals surface area (Å²) in [6.07, 6.45) is -0.00431. The lowest BCUT2D eigenvalue weighted by Crippen LogP contribution is -1.99. The van der Waals surface area contributed by atoms with Gasteiger partial charge in [0.2, 0.25) is 0 Å². The Morgan fingerprint density at radius 2 is 1.77 bits per heavy atom. The van der Waals surface area contributed by atoms with Crippen LogP contribution >= 0.6 is 0 Å². The van der Waals surface area contributed by atoms with E-state index in [1.54, 1.807) is 24.3 Å². The van der Waals surface area contributed by atoms with Crippen LogP contribution in [0.25, 0.3) is 22.2 Å². The number of carboxylic acids is 1. The summed E-state index contributed by atoms with van der Waals surface area (Å²) in [4.78, 5) is 15.3. The fourth-order valence-electron chi connectivity index (χ4n) is 2.24. The Bertz CT molecular complexity index is 813. The summed E-state index contributed by atoms with van der Waals surface area (Å²) in [5.74, 6) is -1.14. The molecule has 0 saturated heterocycles. The molecule has 0 saturated carbocycles. The maximum absolute atomic E-state index is 12.9. The van der Waals surface area contributed by atoms with E-state index in [4.69, 9.17) is 5.11 Å². The molecule has 0 bridgehead atoms. The smallest absolute Gasteiger partial charge is 0.307 e. The van der Waals surface area contributed by atoms with Crippen LogP contribution in [0.5, 0.6) is 0 Å². The first-order valence-corrected chi connectivity index (χ1v) is 6.49. The SMILES string of the molecule is C.O=C(O)Cc1ccc2nc(-c3ccc(F)cc3)ccc2c1. The molecule has 22 heavy (non-hydrogen) atoms. The lowest BCUT2D eigenvalue weighted by atomic mass is 10.1. The number of carbonyl (C=O) groups is 1. The molecule has 4 heteroatoms. The van der Waals surface area contributed by atoms with Crippen LogP contribution in [-0.2, 0) is 11.2 Å². The monoisotopic (exact) mass is 297 g/mol. The summed E-state index contributed by atoms with van der Waals surface area (Å²) >= 11 is 0. The van der Waals surface area contributed by atoms with Crippen molar-refractivity contribution in [1.82, 2.24) is 4.98 Å². The molecule has 0 fully saturated rings. The van der Waals surface area contributed by atoms with Crippen LogP contribution in [0, 0.1) is 5.82 Å². The van der Waals surface area contributed by atoms with E-state index < -0.39 is 5.97 Å². The molecule has 0 aliphatic rings. The number of hydrogen-bond acceptors (Lipinski definition) is 2. The van der Waals surface area contributed by atoms with Gasteiger partial charge < -0.3 is 5.11 Å². The highest BCUT2D eigenvalue weighted by Crippen LogP contribution is 2.22. The minimum absolute atomic E-state index is 0. The van der Waals surface area contributed by atoms with Crippen molar-refractivity contribution in [2.24, 2.45) is 0 Å². The minimum atomic E-state index is -0.856. The van der Waals surface area contributed by atoms with Gasteiger partial charge >= 0.3 is 5.97 Å². The number of aromatic nitrogens is 1. The van der Waals surface area contributed by atoms with Gasteiger partial charge in [-0.15, -0.1) is 0 Å². The molecule has 0 aliphatic carbocycles. The van der Waals surface area contributed by atoms with E-state index in [2.05, 4.69) is 4.98 Å². The summed E-state index contributed by atoms with van der Waals surface area (Å²) in [6, 6.07) is 15.3. The second kappa shape index (κ2) is 6.35. The van der Waals surface area contributed by atoms with E-state index in [0.29, 0.717) is 0 Å². The van der Waals surface area contributed by atoms with Gasteiger partial charge in [-0.25, -0.2) is 9.37 Å². The zero-order valence-electron chi connectivity index (χ0n) is 11.1. The lowest BCUT2D eigenvalue weighted by molar-refractivity contribution is -0.136. The predicted octanol–water partition coefficient (Wildman–Crippen LogP) is 4.30. The molecule has 1 N–H and O–H groups in total. The van der Waals surface area contributed by atoms with Crippen molar-refractivity contribution in [1.29, 1.82) is 0 Å². The van der Waals surface area contributed by atoms with Gasteiger partial charge in [-0.3, -0.25) is 4.79 Å². The number of nitrogens with zero attached hydrogens (tertiary/aromatic N) is 1. The molecular formula is C18H16FNO2. The quantitative estimate of drug-likeness (QED) is 0.784. The van der Waals surface area contributed by atoms with Gasteiger partial charge in [0.25, 0.3) is 0 Å². The van der Waals surface area contributed by atoms with Crippen molar-refractivity contribution in [2.45, 2.75) is 13.8 Å². The molecule has 112 valence electrons. The molecule has 3 rings (SSSR count). The Hall–Kier alpha value is -2.75. The first-order valence-electron chi connectivity index (χ1n) is 6.49. The van der Waals surface area contributed by atoms with Gasteiger partial charge in [0, 0.05) is 10.9 Å². The van der Waals surface area contributed by atoms with Crippen molar-refractivity contribution < 1.29 is 14.3 Å². The number of carboxylic acid groups (broad SMARTS) is 1. The topological polar surface area (TPSA) is 50.2 Å². The Labute approximate surface area is 128 Å². The van der Waals surface area contributed by atoms with Gasteiger partial charge in [0.1, 0.15) is 5.82 Å². The number of aliphatic carboxylic acids is 1. The van der Waals surface area contributed by atoms with E-state index in [0.717, 1.165) is 27.7 Å². The Kier molecular flexibility index (Phi) is 4.51. The fraction of sp³-hybridized carbons (Fsp3) is 0.111. The number of benzene rings is 2. The van der Waals surface area contributed by atoms with E-state index in [1.807, 2.05) is 18.2 Å². The molecule has 3 nitrogen and oxygen atoms in total. The van der Waals surface area contributed by atoms with E-state index >= 15 is 0 Å². The van der Waals surface area contributed by atoms with E-state index in [9.17, 15) is 9.18 Å². The average Bonchev–Trinajstić information content (AvgIpc) is 2.47. The molecule has 0 atom stereocenters. The fourth-order valence-corrected chi connectivity index (χ4v) is 2.24. The van der Waals surface area contributed by atoms with Crippen LogP contribution in [0.3, 0.4) is 0 Å². The van der Waals surface area contributed by atoms with Crippen molar-refractivity contribution in [3.8, 4) is 11.3 Å². The summed E-state index contributed by atoms with van der Waals surface area (Å²) in [6.45, 7) is 0. The summed E-state index contributed by atoms with van der Waals surface area (Å²) in [5.41, 5.74) is 3.12. The highest BCUT2D eigenvalue weighted by atomic mass is 19.1. The summed E-state index contributed by atoms with van der Waals surface area (Å²) < 4.78 is 12.9. The number of rotatable bonds is 3. The standard InChI is InChI=1S/C17H12FNO2.CH4/c18-14-5-2-12(3-6-14)15-8-4-13-9-11(10-17(20)21)1-7-16(13)19-15;/h1-9H,10H2,(H,20,21);1H4. The molecule has 1 aromatic heterocycles. The zero-order chi connectivity index (χ0) is 14.8. The molecule has 0 unspecified atom stereocenters. The second-order valence-corrected chi connectivity index (χ2v) is 4.80.